The minimum Gasteiger partial charge on any atom is -0.478 e. The number of aromatic carboxylic acids is 1. The molecule has 1 aliphatic rings. The summed E-state index contributed by atoms with van der Waals surface area (Å²) in [6.45, 7) is 1.77. The Morgan fingerprint density at radius 3 is 3.07 bits per heavy atom. The third-order valence-corrected chi connectivity index (χ3v) is 2.66. The number of rotatable bonds is 1. The summed E-state index contributed by atoms with van der Waals surface area (Å²) in [6, 6.07) is 5.36. The molecule has 0 atom stereocenters. The van der Waals surface area contributed by atoms with E-state index in [1.165, 1.54) is 0 Å². The number of fused-ring (bicyclic) bond motifs is 1. The predicted molar refractivity (Wildman–Crippen MR) is 59.8 cm³/mol. The van der Waals surface area contributed by atoms with Crippen molar-refractivity contribution < 1.29 is 9.90 Å². The number of carbonyl (C=O) groups is 1. The van der Waals surface area contributed by atoms with Crippen LogP contribution >= 0.6 is 0 Å². The number of nitrogens with zero attached hydrogens (tertiary/aromatic N) is 1. The highest BCUT2D eigenvalue weighted by Crippen LogP contribution is 2.30. The van der Waals surface area contributed by atoms with Crippen LogP contribution in [-0.2, 0) is 0 Å². The number of nitrogens with one attached hydrogen (secondary N) is 1. The van der Waals surface area contributed by atoms with Crippen LogP contribution in [0.5, 0.6) is 0 Å². The number of carboxylic acid groups (broad SMARTS) is 1. The van der Waals surface area contributed by atoms with Crippen LogP contribution in [-0.4, -0.2) is 31.2 Å². The van der Waals surface area contributed by atoms with Crippen molar-refractivity contribution in [2.45, 2.75) is 6.42 Å². The average molecular weight is 206 g/mol. The third kappa shape index (κ3) is 1.75. The third-order valence-electron chi connectivity index (χ3n) is 2.66. The Morgan fingerprint density at radius 1 is 1.53 bits per heavy atom. The summed E-state index contributed by atoms with van der Waals surface area (Å²) < 4.78 is 0. The van der Waals surface area contributed by atoms with E-state index in [0.29, 0.717) is 5.56 Å². The van der Waals surface area contributed by atoms with Crippen LogP contribution < -0.4 is 10.2 Å². The quantitative estimate of drug-likeness (QED) is 0.733. The van der Waals surface area contributed by atoms with Crippen LogP contribution in [0.15, 0.2) is 18.2 Å². The monoisotopic (exact) mass is 206 g/mol. The second kappa shape index (κ2) is 3.81. The Balaban J connectivity index is 2.53. The van der Waals surface area contributed by atoms with Crippen molar-refractivity contribution in [3.8, 4) is 0 Å². The van der Waals surface area contributed by atoms with Crippen LogP contribution in [0.4, 0.5) is 11.4 Å². The van der Waals surface area contributed by atoms with E-state index in [4.69, 9.17) is 5.11 Å². The Labute approximate surface area is 88.5 Å². The van der Waals surface area contributed by atoms with Gasteiger partial charge in [0.05, 0.1) is 16.9 Å². The molecule has 4 nitrogen and oxygen atoms in total. The molecule has 0 bridgehead atoms. The molecule has 0 saturated carbocycles. The van der Waals surface area contributed by atoms with Gasteiger partial charge in [-0.1, -0.05) is 6.07 Å². The molecule has 0 aromatic heterocycles. The molecule has 0 aliphatic carbocycles. The first-order valence-corrected chi connectivity index (χ1v) is 5.01. The molecule has 1 aromatic rings. The zero-order valence-corrected chi connectivity index (χ0v) is 8.66. The van der Waals surface area contributed by atoms with E-state index < -0.39 is 5.97 Å². The molecule has 1 aromatic carbocycles. The van der Waals surface area contributed by atoms with Gasteiger partial charge in [0.2, 0.25) is 0 Å². The molecule has 0 amide bonds. The molecule has 1 aliphatic heterocycles. The molecule has 0 unspecified atom stereocenters. The van der Waals surface area contributed by atoms with Crippen molar-refractivity contribution in [1.29, 1.82) is 0 Å². The topological polar surface area (TPSA) is 52.6 Å². The van der Waals surface area contributed by atoms with Crippen LogP contribution in [0.25, 0.3) is 0 Å². The molecule has 0 fully saturated rings. The van der Waals surface area contributed by atoms with E-state index in [0.717, 1.165) is 30.9 Å². The minimum absolute atomic E-state index is 0.348. The summed E-state index contributed by atoms with van der Waals surface area (Å²) in [5.41, 5.74) is 2.05. The SMILES string of the molecule is CN1CCCNc2c(C(=O)O)cccc21. The smallest absolute Gasteiger partial charge is 0.337 e. The van der Waals surface area contributed by atoms with Crippen molar-refractivity contribution in [2.24, 2.45) is 0 Å². The summed E-state index contributed by atoms with van der Waals surface area (Å²) in [4.78, 5) is 13.1. The first kappa shape index (κ1) is 9.83. The largest absolute Gasteiger partial charge is 0.478 e. The number of anilines is 2. The Bertz CT molecular complexity index is 390. The molecular weight excluding hydrogens is 192 g/mol. The van der Waals surface area contributed by atoms with Gasteiger partial charge in [-0.2, -0.15) is 0 Å². The van der Waals surface area contributed by atoms with Gasteiger partial charge in [0.1, 0.15) is 0 Å². The van der Waals surface area contributed by atoms with Crippen molar-refractivity contribution in [3.63, 3.8) is 0 Å². The number of para-hydroxylation sites is 1. The zero-order chi connectivity index (χ0) is 10.8. The fraction of sp³-hybridized carbons (Fsp3) is 0.364. The Morgan fingerprint density at radius 2 is 2.33 bits per heavy atom. The maximum atomic E-state index is 11.0. The van der Waals surface area contributed by atoms with E-state index >= 15 is 0 Å². The van der Waals surface area contributed by atoms with Gasteiger partial charge in [0.15, 0.2) is 0 Å². The first-order chi connectivity index (χ1) is 7.20. The summed E-state index contributed by atoms with van der Waals surface area (Å²) >= 11 is 0. The second-order valence-electron chi connectivity index (χ2n) is 3.71. The summed E-state index contributed by atoms with van der Waals surface area (Å²) in [5, 5.41) is 12.2. The lowest BCUT2D eigenvalue weighted by molar-refractivity contribution is 0.0698. The maximum absolute atomic E-state index is 11.0. The minimum atomic E-state index is -0.880. The highest BCUT2D eigenvalue weighted by atomic mass is 16.4. The molecular formula is C11H14N2O2. The maximum Gasteiger partial charge on any atom is 0.337 e. The van der Waals surface area contributed by atoms with Gasteiger partial charge in [-0.05, 0) is 18.6 Å². The lowest BCUT2D eigenvalue weighted by Crippen LogP contribution is -2.17. The second-order valence-corrected chi connectivity index (χ2v) is 3.71. The van der Waals surface area contributed by atoms with E-state index in [2.05, 4.69) is 10.2 Å². The molecule has 0 saturated heterocycles. The van der Waals surface area contributed by atoms with E-state index in [9.17, 15) is 4.79 Å². The van der Waals surface area contributed by atoms with Gasteiger partial charge >= 0.3 is 5.97 Å². The Kier molecular flexibility index (Phi) is 2.49. The molecule has 80 valence electrons. The van der Waals surface area contributed by atoms with Crippen molar-refractivity contribution >= 4 is 17.3 Å². The van der Waals surface area contributed by atoms with Crippen molar-refractivity contribution in [3.05, 3.63) is 23.8 Å². The number of benzene rings is 1. The average Bonchev–Trinajstić information content (AvgIpc) is 2.40. The van der Waals surface area contributed by atoms with Crippen LogP contribution in [0.3, 0.4) is 0 Å². The molecule has 0 radical (unpaired) electrons. The van der Waals surface area contributed by atoms with Gasteiger partial charge in [-0.25, -0.2) is 4.79 Å². The molecule has 0 spiro atoms. The van der Waals surface area contributed by atoms with Gasteiger partial charge in [-0.15, -0.1) is 0 Å². The zero-order valence-electron chi connectivity index (χ0n) is 8.66. The lowest BCUT2D eigenvalue weighted by Gasteiger charge is -2.19. The molecule has 2 rings (SSSR count). The van der Waals surface area contributed by atoms with Crippen LogP contribution in [0.1, 0.15) is 16.8 Å². The lowest BCUT2D eigenvalue weighted by atomic mass is 10.1. The first-order valence-electron chi connectivity index (χ1n) is 5.01. The highest BCUT2D eigenvalue weighted by Gasteiger charge is 2.17. The molecule has 2 N–H and O–H groups in total. The van der Waals surface area contributed by atoms with E-state index in [1.807, 2.05) is 13.1 Å². The molecule has 4 heteroatoms. The fourth-order valence-corrected chi connectivity index (χ4v) is 1.87. The van der Waals surface area contributed by atoms with Crippen molar-refractivity contribution in [1.82, 2.24) is 0 Å². The molecule has 15 heavy (non-hydrogen) atoms. The summed E-state index contributed by atoms with van der Waals surface area (Å²) in [7, 11) is 1.98. The normalized spacial score (nSPS) is 15.1. The van der Waals surface area contributed by atoms with Crippen LogP contribution in [0, 0.1) is 0 Å². The summed E-state index contributed by atoms with van der Waals surface area (Å²) in [6.07, 6.45) is 1.02. The van der Waals surface area contributed by atoms with Gasteiger partial charge < -0.3 is 15.3 Å². The van der Waals surface area contributed by atoms with Gasteiger partial charge in [0.25, 0.3) is 0 Å². The van der Waals surface area contributed by atoms with Crippen molar-refractivity contribution in [2.75, 3.05) is 30.4 Å². The number of hydrogen-bond acceptors (Lipinski definition) is 3. The van der Waals surface area contributed by atoms with Gasteiger partial charge in [0, 0.05) is 20.1 Å². The molecule has 1 heterocycles. The standard InChI is InChI=1S/C11H14N2O2/c1-13-7-3-6-12-10-8(11(14)15)4-2-5-9(10)13/h2,4-5,12H,3,6-7H2,1H3,(H,14,15). The van der Waals surface area contributed by atoms with E-state index in [-0.39, 0.29) is 0 Å². The Hall–Kier alpha value is -1.71. The van der Waals surface area contributed by atoms with Gasteiger partial charge in [-0.3, -0.25) is 0 Å². The highest BCUT2D eigenvalue weighted by molar-refractivity contribution is 5.98. The summed E-state index contributed by atoms with van der Waals surface area (Å²) in [5.74, 6) is -0.880. The number of hydrogen-bond donors (Lipinski definition) is 2. The van der Waals surface area contributed by atoms with E-state index in [1.54, 1.807) is 12.1 Å². The van der Waals surface area contributed by atoms with Crippen LogP contribution in [0.2, 0.25) is 0 Å². The predicted octanol–water partition coefficient (Wildman–Crippen LogP) is 1.64. The number of carboxylic acids is 1. The fourth-order valence-electron chi connectivity index (χ4n) is 1.87.